The van der Waals surface area contributed by atoms with Gasteiger partial charge in [-0.25, -0.2) is 0 Å². The van der Waals surface area contributed by atoms with Crippen LogP contribution in [0.1, 0.15) is 140 Å². The number of carbonyl (C=O) groups is 1. The fourth-order valence-electron chi connectivity index (χ4n) is 6.46. The SMILES string of the molecule is CCCCCCCCCCCCCCc1ccc(-c2cc(C(CCCOC(C)C(F)(F)F)CCCC(=O)O)ccc2-c2ccccc2)cn1. The molecule has 0 aliphatic rings. The largest absolute Gasteiger partial charge is 0.481 e. The number of unbranched alkanes of at least 4 members (excludes halogenated alkanes) is 11. The van der Waals surface area contributed by atoms with Crippen LogP contribution in [0.5, 0.6) is 0 Å². The van der Waals surface area contributed by atoms with Gasteiger partial charge in [0.05, 0.1) is 0 Å². The first-order chi connectivity index (χ1) is 23.7. The number of hydrogen-bond acceptors (Lipinski definition) is 3. The maximum absolute atomic E-state index is 12.9. The third-order valence-corrected chi connectivity index (χ3v) is 9.49. The molecule has 4 nitrogen and oxygen atoms in total. The molecule has 3 rings (SSSR count). The zero-order valence-electron chi connectivity index (χ0n) is 29.8. The molecule has 0 fully saturated rings. The van der Waals surface area contributed by atoms with Gasteiger partial charge in [-0.3, -0.25) is 9.78 Å². The summed E-state index contributed by atoms with van der Waals surface area (Å²) in [4.78, 5) is 16.1. The molecule has 2 aromatic carbocycles. The molecule has 2 atom stereocenters. The standard InChI is InChI=1S/C42H58F3NO3/c1-3-4-5-6-7-8-9-10-11-12-13-17-24-38-28-26-37(32-46-38)40-31-36(27-29-39(40)35-20-15-14-16-21-35)34(22-18-25-41(47)48)23-19-30-49-33(2)42(43,44)45/h14-16,20-21,26-29,31-34H,3-13,17-19,22-25,30H2,1-2H3,(H,47,48). The molecule has 7 heteroatoms. The Morgan fingerprint density at radius 3 is 1.98 bits per heavy atom. The van der Waals surface area contributed by atoms with Gasteiger partial charge in [0.1, 0.15) is 0 Å². The molecule has 3 aromatic rings. The van der Waals surface area contributed by atoms with Crippen molar-refractivity contribution < 1.29 is 27.8 Å². The van der Waals surface area contributed by atoms with Crippen molar-refractivity contribution in [2.24, 2.45) is 0 Å². The van der Waals surface area contributed by atoms with Crippen molar-refractivity contribution in [1.29, 1.82) is 0 Å². The predicted molar refractivity (Wildman–Crippen MR) is 195 cm³/mol. The first kappa shape index (κ1) is 40.2. The van der Waals surface area contributed by atoms with Crippen LogP contribution in [-0.4, -0.2) is 34.9 Å². The first-order valence-electron chi connectivity index (χ1n) is 18.7. The maximum Gasteiger partial charge on any atom is 0.414 e. The van der Waals surface area contributed by atoms with E-state index in [-0.39, 0.29) is 18.9 Å². The number of carboxylic acids is 1. The smallest absolute Gasteiger partial charge is 0.414 e. The minimum atomic E-state index is -4.39. The van der Waals surface area contributed by atoms with Gasteiger partial charge in [0.2, 0.25) is 0 Å². The summed E-state index contributed by atoms with van der Waals surface area (Å²) >= 11 is 0. The van der Waals surface area contributed by atoms with Crippen LogP contribution in [0.2, 0.25) is 0 Å². The van der Waals surface area contributed by atoms with E-state index in [0.717, 1.165) is 53.3 Å². The molecule has 270 valence electrons. The van der Waals surface area contributed by atoms with Crippen LogP contribution < -0.4 is 0 Å². The van der Waals surface area contributed by atoms with E-state index < -0.39 is 18.2 Å². The number of aryl methyl sites for hydroxylation is 1. The molecule has 1 aromatic heterocycles. The van der Waals surface area contributed by atoms with E-state index in [9.17, 15) is 23.1 Å². The number of pyridine rings is 1. The number of carboxylic acid groups (broad SMARTS) is 1. The van der Waals surface area contributed by atoms with Crippen molar-refractivity contribution in [3.63, 3.8) is 0 Å². The molecule has 1 heterocycles. The number of benzene rings is 2. The highest BCUT2D eigenvalue weighted by Gasteiger charge is 2.36. The van der Waals surface area contributed by atoms with E-state index in [4.69, 9.17) is 9.72 Å². The van der Waals surface area contributed by atoms with Crippen molar-refractivity contribution in [1.82, 2.24) is 4.98 Å². The second-order valence-corrected chi connectivity index (χ2v) is 13.5. The summed E-state index contributed by atoms with van der Waals surface area (Å²) in [5.74, 6) is -0.860. The average molecular weight is 682 g/mol. The second kappa shape index (κ2) is 22.5. The number of nitrogens with zero attached hydrogens (tertiary/aromatic N) is 1. The molecule has 0 saturated carbocycles. The van der Waals surface area contributed by atoms with Crippen LogP contribution in [0, 0.1) is 0 Å². The number of ether oxygens (including phenoxy) is 1. The molecule has 0 radical (unpaired) electrons. The lowest BCUT2D eigenvalue weighted by atomic mass is 9.85. The van der Waals surface area contributed by atoms with E-state index in [1.165, 1.54) is 70.6 Å². The summed E-state index contributed by atoms with van der Waals surface area (Å²) < 4.78 is 43.9. The van der Waals surface area contributed by atoms with Crippen LogP contribution in [-0.2, 0) is 16.0 Å². The fraction of sp³-hybridized carbons (Fsp3) is 0.571. The molecule has 0 bridgehead atoms. The predicted octanol–water partition coefficient (Wildman–Crippen LogP) is 12.7. The Hall–Kier alpha value is -3.19. The van der Waals surface area contributed by atoms with Crippen molar-refractivity contribution >= 4 is 5.97 Å². The van der Waals surface area contributed by atoms with Gasteiger partial charge < -0.3 is 9.84 Å². The summed E-state index contributed by atoms with van der Waals surface area (Å²) in [5, 5.41) is 9.24. The van der Waals surface area contributed by atoms with Gasteiger partial charge in [-0.2, -0.15) is 13.2 Å². The zero-order chi connectivity index (χ0) is 35.3. The molecular weight excluding hydrogens is 623 g/mol. The number of alkyl halides is 3. The van der Waals surface area contributed by atoms with Gasteiger partial charge in [-0.1, -0.05) is 132 Å². The van der Waals surface area contributed by atoms with Gasteiger partial charge >= 0.3 is 12.1 Å². The third kappa shape index (κ3) is 15.5. The highest BCUT2D eigenvalue weighted by molar-refractivity contribution is 5.83. The lowest BCUT2D eigenvalue weighted by Crippen LogP contribution is -2.28. The Morgan fingerprint density at radius 2 is 1.39 bits per heavy atom. The molecule has 49 heavy (non-hydrogen) atoms. The average Bonchev–Trinajstić information content (AvgIpc) is 3.09. The van der Waals surface area contributed by atoms with Crippen LogP contribution in [0.3, 0.4) is 0 Å². The summed E-state index contributed by atoms with van der Waals surface area (Å²) in [5.41, 5.74) is 6.34. The third-order valence-electron chi connectivity index (χ3n) is 9.49. The summed E-state index contributed by atoms with van der Waals surface area (Å²) in [6, 6.07) is 20.8. The lowest BCUT2D eigenvalue weighted by molar-refractivity contribution is -0.214. The first-order valence-corrected chi connectivity index (χ1v) is 18.7. The van der Waals surface area contributed by atoms with Crippen molar-refractivity contribution in [2.45, 2.75) is 148 Å². The molecule has 0 aliphatic heterocycles. The van der Waals surface area contributed by atoms with E-state index in [1.807, 2.05) is 24.4 Å². The topological polar surface area (TPSA) is 59.4 Å². The number of halogens is 3. The molecule has 1 N–H and O–H groups in total. The molecule has 0 amide bonds. The quantitative estimate of drug-likeness (QED) is 0.0904. The Kier molecular flexibility index (Phi) is 18.5. The van der Waals surface area contributed by atoms with E-state index in [1.54, 1.807) is 0 Å². The lowest BCUT2D eigenvalue weighted by Gasteiger charge is -2.21. The highest BCUT2D eigenvalue weighted by atomic mass is 19.4. The summed E-state index contributed by atoms with van der Waals surface area (Å²) in [7, 11) is 0. The van der Waals surface area contributed by atoms with Gasteiger partial charge in [0.15, 0.2) is 6.10 Å². The molecule has 2 unspecified atom stereocenters. The number of hydrogen-bond donors (Lipinski definition) is 1. The zero-order valence-corrected chi connectivity index (χ0v) is 29.8. The Bertz CT molecular complexity index is 1330. The fourth-order valence-corrected chi connectivity index (χ4v) is 6.46. The van der Waals surface area contributed by atoms with Gasteiger partial charge in [-0.05, 0) is 79.7 Å². The number of aliphatic carboxylic acids is 1. The maximum atomic E-state index is 12.9. The van der Waals surface area contributed by atoms with Gasteiger partial charge in [0.25, 0.3) is 0 Å². The van der Waals surface area contributed by atoms with E-state index in [2.05, 4.69) is 49.4 Å². The van der Waals surface area contributed by atoms with E-state index in [0.29, 0.717) is 25.7 Å². The molecule has 0 saturated heterocycles. The molecule has 0 spiro atoms. The molecule has 0 aliphatic carbocycles. The normalized spacial score (nSPS) is 13.0. The number of aromatic nitrogens is 1. The minimum absolute atomic E-state index is 0.00433. The van der Waals surface area contributed by atoms with Crippen molar-refractivity contribution in [3.05, 3.63) is 78.1 Å². The van der Waals surface area contributed by atoms with E-state index >= 15 is 0 Å². The summed E-state index contributed by atoms with van der Waals surface area (Å²) in [6.45, 7) is 3.28. The molecular formula is C42H58F3NO3. The van der Waals surface area contributed by atoms with Crippen molar-refractivity contribution in [3.8, 4) is 22.3 Å². The van der Waals surface area contributed by atoms with Crippen LogP contribution in [0.15, 0.2) is 66.9 Å². The Balaban J connectivity index is 1.65. The second-order valence-electron chi connectivity index (χ2n) is 13.5. The Morgan fingerprint density at radius 1 is 0.755 bits per heavy atom. The van der Waals surface area contributed by atoms with Crippen LogP contribution in [0.4, 0.5) is 13.2 Å². The van der Waals surface area contributed by atoms with Crippen molar-refractivity contribution in [2.75, 3.05) is 6.61 Å². The monoisotopic (exact) mass is 681 g/mol. The Labute approximate surface area is 292 Å². The number of rotatable bonds is 25. The highest BCUT2D eigenvalue weighted by Crippen LogP contribution is 2.37. The minimum Gasteiger partial charge on any atom is -0.481 e. The van der Waals surface area contributed by atoms with Crippen LogP contribution >= 0.6 is 0 Å². The van der Waals surface area contributed by atoms with Crippen LogP contribution in [0.25, 0.3) is 22.3 Å². The van der Waals surface area contributed by atoms with Gasteiger partial charge in [-0.15, -0.1) is 0 Å². The van der Waals surface area contributed by atoms with Gasteiger partial charge in [0, 0.05) is 30.5 Å². The summed E-state index contributed by atoms with van der Waals surface area (Å²) in [6.07, 6.45) is 14.8.